The van der Waals surface area contributed by atoms with Crippen LogP contribution < -0.4 is 10.9 Å². The van der Waals surface area contributed by atoms with Gasteiger partial charge >= 0.3 is 0 Å². The molecule has 0 spiro atoms. The van der Waals surface area contributed by atoms with E-state index in [4.69, 9.17) is 0 Å². The molecule has 1 unspecified atom stereocenters. The number of hydrogen-bond acceptors (Lipinski definition) is 4. The SMILES string of the molecule is Cc1ccc(C(CNC(=O)Cc2c(C)nc3c(c2C)c(=O)[nH]n3C)N(C)C)cc1. The fraction of sp³-hybridized carbons (Fsp3) is 0.409. The van der Waals surface area contributed by atoms with Crippen molar-refractivity contribution in [3.8, 4) is 0 Å². The highest BCUT2D eigenvalue weighted by atomic mass is 16.1. The number of hydrogen-bond donors (Lipinski definition) is 2. The molecule has 0 fully saturated rings. The lowest BCUT2D eigenvalue weighted by molar-refractivity contribution is -0.120. The van der Waals surface area contributed by atoms with E-state index in [0.717, 1.165) is 22.4 Å². The second-order valence-electron chi connectivity index (χ2n) is 7.87. The number of aryl methyl sites for hydroxylation is 4. The number of fused-ring (bicyclic) bond motifs is 1. The topological polar surface area (TPSA) is 83.0 Å². The van der Waals surface area contributed by atoms with E-state index in [2.05, 4.69) is 51.5 Å². The lowest BCUT2D eigenvalue weighted by Crippen LogP contribution is -2.35. The van der Waals surface area contributed by atoms with Gasteiger partial charge in [0, 0.05) is 19.3 Å². The van der Waals surface area contributed by atoms with Crippen LogP contribution in [0.2, 0.25) is 0 Å². The molecule has 3 aromatic rings. The fourth-order valence-corrected chi connectivity index (χ4v) is 3.73. The summed E-state index contributed by atoms with van der Waals surface area (Å²) in [5, 5.41) is 6.33. The second-order valence-corrected chi connectivity index (χ2v) is 7.87. The van der Waals surface area contributed by atoms with Crippen LogP contribution >= 0.6 is 0 Å². The summed E-state index contributed by atoms with van der Waals surface area (Å²) in [6.45, 7) is 6.32. The minimum absolute atomic E-state index is 0.0799. The summed E-state index contributed by atoms with van der Waals surface area (Å²) in [5.74, 6) is -0.0799. The quantitative estimate of drug-likeness (QED) is 0.670. The fourth-order valence-electron chi connectivity index (χ4n) is 3.73. The van der Waals surface area contributed by atoms with E-state index < -0.39 is 0 Å². The number of amides is 1. The Bertz CT molecular complexity index is 1090. The molecule has 1 amide bonds. The molecule has 0 aliphatic carbocycles. The van der Waals surface area contributed by atoms with Gasteiger partial charge in [-0.05, 0) is 51.6 Å². The number of rotatable bonds is 6. The molecule has 2 heterocycles. The number of carbonyl (C=O) groups is 1. The van der Waals surface area contributed by atoms with Crippen LogP contribution in [0.5, 0.6) is 0 Å². The third kappa shape index (κ3) is 4.24. The van der Waals surface area contributed by atoms with E-state index in [9.17, 15) is 9.59 Å². The van der Waals surface area contributed by atoms with Gasteiger partial charge in [0.05, 0.1) is 17.8 Å². The van der Waals surface area contributed by atoms with Gasteiger partial charge in [-0.15, -0.1) is 0 Å². The Morgan fingerprint density at radius 3 is 2.48 bits per heavy atom. The van der Waals surface area contributed by atoms with Crippen molar-refractivity contribution in [3.05, 3.63) is 62.6 Å². The molecule has 7 nitrogen and oxygen atoms in total. The molecule has 1 atom stereocenters. The maximum absolute atomic E-state index is 12.7. The largest absolute Gasteiger partial charge is 0.354 e. The highest BCUT2D eigenvalue weighted by molar-refractivity contribution is 5.84. The van der Waals surface area contributed by atoms with Gasteiger partial charge in [-0.1, -0.05) is 29.8 Å². The zero-order chi connectivity index (χ0) is 21.3. The van der Waals surface area contributed by atoms with Gasteiger partial charge in [0.1, 0.15) is 0 Å². The van der Waals surface area contributed by atoms with E-state index in [1.807, 2.05) is 27.9 Å². The van der Waals surface area contributed by atoms with Gasteiger partial charge < -0.3 is 10.2 Å². The number of likely N-dealkylation sites (N-methyl/N-ethyl adjacent to an activating group) is 1. The summed E-state index contributed by atoms with van der Waals surface area (Å²) in [6.07, 6.45) is 0.197. The molecule has 0 aliphatic rings. The lowest BCUT2D eigenvalue weighted by Gasteiger charge is -2.25. The smallest absolute Gasteiger partial charge is 0.273 e. The predicted octanol–water partition coefficient (Wildman–Crippen LogP) is 2.15. The standard InChI is InChI=1S/C22H29N5O2/c1-13-7-9-16(10-8-13)18(26(4)5)12-23-19(28)11-17-14(2)20-21(24-15(17)3)27(6)25-22(20)29/h7-10,18H,11-12H2,1-6H3,(H,23,28)(H,25,29). The van der Waals surface area contributed by atoms with Gasteiger partial charge in [0.25, 0.3) is 5.56 Å². The van der Waals surface area contributed by atoms with E-state index in [1.165, 1.54) is 5.56 Å². The van der Waals surface area contributed by atoms with E-state index >= 15 is 0 Å². The lowest BCUT2D eigenvalue weighted by atomic mass is 10.0. The Balaban J connectivity index is 1.77. The van der Waals surface area contributed by atoms with Crippen molar-refractivity contribution in [2.45, 2.75) is 33.2 Å². The maximum atomic E-state index is 12.7. The van der Waals surface area contributed by atoms with Crippen LogP contribution in [-0.2, 0) is 18.3 Å². The van der Waals surface area contributed by atoms with Gasteiger partial charge in [-0.2, -0.15) is 0 Å². The van der Waals surface area contributed by atoms with Crippen molar-refractivity contribution in [3.63, 3.8) is 0 Å². The number of pyridine rings is 1. The van der Waals surface area contributed by atoms with Crippen LogP contribution in [0.25, 0.3) is 11.0 Å². The molecule has 2 aromatic heterocycles. The minimum atomic E-state index is -0.179. The highest BCUT2D eigenvalue weighted by Gasteiger charge is 2.19. The molecule has 0 saturated carbocycles. The first-order valence-corrected chi connectivity index (χ1v) is 9.73. The molecule has 0 bridgehead atoms. The van der Waals surface area contributed by atoms with Crippen molar-refractivity contribution >= 4 is 16.9 Å². The Morgan fingerprint density at radius 2 is 1.86 bits per heavy atom. The molecule has 0 aliphatic heterocycles. The Kier molecular flexibility index (Phi) is 5.88. The zero-order valence-electron chi connectivity index (χ0n) is 18.0. The Labute approximate surface area is 170 Å². The first kappa shape index (κ1) is 20.8. The molecule has 7 heteroatoms. The Morgan fingerprint density at radius 1 is 1.21 bits per heavy atom. The van der Waals surface area contributed by atoms with Crippen LogP contribution in [0.1, 0.15) is 34.0 Å². The molecule has 154 valence electrons. The first-order chi connectivity index (χ1) is 13.7. The summed E-state index contributed by atoms with van der Waals surface area (Å²) in [7, 11) is 5.77. The minimum Gasteiger partial charge on any atom is -0.354 e. The molecule has 0 radical (unpaired) electrons. The zero-order valence-corrected chi connectivity index (χ0v) is 18.0. The average molecular weight is 396 g/mol. The monoisotopic (exact) mass is 395 g/mol. The van der Waals surface area contributed by atoms with Crippen LogP contribution in [0, 0.1) is 20.8 Å². The number of aromatic amines is 1. The number of benzene rings is 1. The number of nitrogens with one attached hydrogen (secondary N) is 2. The summed E-state index contributed by atoms with van der Waals surface area (Å²) < 4.78 is 1.62. The molecule has 29 heavy (non-hydrogen) atoms. The third-order valence-corrected chi connectivity index (χ3v) is 5.49. The second kappa shape index (κ2) is 8.21. The van der Waals surface area contributed by atoms with Crippen molar-refractivity contribution in [2.24, 2.45) is 7.05 Å². The summed E-state index contributed by atoms with van der Waals surface area (Å²) in [5.41, 5.74) is 5.19. The summed E-state index contributed by atoms with van der Waals surface area (Å²) in [4.78, 5) is 31.6. The molecular weight excluding hydrogens is 366 g/mol. The van der Waals surface area contributed by atoms with Gasteiger partial charge in [0.2, 0.25) is 5.91 Å². The average Bonchev–Trinajstić information content (AvgIpc) is 2.93. The molecule has 3 rings (SSSR count). The molecular formula is C22H29N5O2. The van der Waals surface area contributed by atoms with Crippen molar-refractivity contribution in [1.29, 1.82) is 0 Å². The highest BCUT2D eigenvalue weighted by Crippen LogP contribution is 2.21. The van der Waals surface area contributed by atoms with Gasteiger partial charge in [-0.3, -0.25) is 19.4 Å². The van der Waals surface area contributed by atoms with Crippen LogP contribution in [0.4, 0.5) is 0 Å². The van der Waals surface area contributed by atoms with Gasteiger partial charge in [-0.25, -0.2) is 4.98 Å². The molecule has 1 aromatic carbocycles. The maximum Gasteiger partial charge on any atom is 0.273 e. The van der Waals surface area contributed by atoms with E-state index in [-0.39, 0.29) is 23.9 Å². The van der Waals surface area contributed by atoms with Crippen LogP contribution in [0.3, 0.4) is 0 Å². The predicted molar refractivity (Wildman–Crippen MR) is 115 cm³/mol. The number of aromatic nitrogens is 3. The van der Waals surface area contributed by atoms with E-state index in [1.54, 1.807) is 11.7 Å². The molecule has 2 N–H and O–H groups in total. The van der Waals surface area contributed by atoms with E-state index in [0.29, 0.717) is 17.6 Å². The first-order valence-electron chi connectivity index (χ1n) is 9.73. The van der Waals surface area contributed by atoms with Crippen molar-refractivity contribution < 1.29 is 4.79 Å². The Hall–Kier alpha value is -2.93. The van der Waals surface area contributed by atoms with Crippen LogP contribution in [0.15, 0.2) is 29.1 Å². The third-order valence-electron chi connectivity index (χ3n) is 5.49. The van der Waals surface area contributed by atoms with Gasteiger partial charge in [0.15, 0.2) is 5.65 Å². The van der Waals surface area contributed by atoms with Crippen molar-refractivity contribution in [1.82, 2.24) is 25.0 Å². The van der Waals surface area contributed by atoms with Crippen molar-refractivity contribution in [2.75, 3.05) is 20.6 Å². The summed E-state index contributed by atoms with van der Waals surface area (Å²) >= 11 is 0. The molecule has 0 saturated heterocycles. The normalized spacial score (nSPS) is 12.5. The number of nitrogens with zero attached hydrogens (tertiary/aromatic N) is 3. The number of carbonyl (C=O) groups excluding carboxylic acids is 1. The summed E-state index contributed by atoms with van der Waals surface area (Å²) in [6, 6.07) is 8.44. The van der Waals surface area contributed by atoms with Crippen LogP contribution in [-0.4, -0.2) is 46.2 Å². The number of H-pyrrole nitrogens is 1.